The maximum absolute atomic E-state index is 5.56. The Morgan fingerprint density at radius 2 is 1.50 bits per heavy atom. The first-order chi connectivity index (χ1) is 7.74. The van der Waals surface area contributed by atoms with Crippen molar-refractivity contribution in [3.8, 4) is 0 Å². The number of aryl methyl sites for hydroxylation is 1. The van der Waals surface area contributed by atoms with Crippen molar-refractivity contribution in [2.75, 3.05) is 5.73 Å². The van der Waals surface area contributed by atoms with E-state index in [2.05, 4.69) is 25.6 Å². The van der Waals surface area contributed by atoms with Crippen LogP contribution in [0.1, 0.15) is 11.1 Å². The predicted octanol–water partition coefficient (Wildman–Crippen LogP) is 3.91. The summed E-state index contributed by atoms with van der Waals surface area (Å²) in [6.07, 6.45) is 1.75. The molecule has 0 bridgehead atoms. The topological polar surface area (TPSA) is 26.0 Å². The molecule has 0 unspecified atom stereocenters. The average Bonchev–Trinajstić information content (AvgIpc) is 2.31. The molecule has 0 amide bonds. The molecule has 0 aromatic heterocycles. The normalized spacial score (nSPS) is 8.81. The number of benzene rings is 2. The van der Waals surface area contributed by atoms with Crippen LogP contribution in [0, 0.1) is 6.92 Å². The Bertz CT molecular complexity index is 432. The van der Waals surface area contributed by atoms with Crippen molar-refractivity contribution < 1.29 is 0 Å². The van der Waals surface area contributed by atoms with Crippen LogP contribution in [0.2, 0.25) is 0 Å². The van der Waals surface area contributed by atoms with Gasteiger partial charge in [-0.25, -0.2) is 0 Å². The highest BCUT2D eigenvalue weighted by molar-refractivity contribution is 5.62. The molecule has 2 N–H and O–H groups in total. The molecular formula is C15H17N. The molecule has 0 aliphatic heterocycles. The van der Waals surface area contributed by atoms with Crippen LogP contribution < -0.4 is 5.73 Å². The zero-order valence-corrected chi connectivity index (χ0v) is 9.56. The summed E-state index contributed by atoms with van der Waals surface area (Å²) in [4.78, 5) is 0. The van der Waals surface area contributed by atoms with Gasteiger partial charge in [-0.3, -0.25) is 0 Å². The average molecular weight is 211 g/mol. The Kier molecular flexibility index (Phi) is 4.87. The Morgan fingerprint density at radius 3 is 1.88 bits per heavy atom. The van der Waals surface area contributed by atoms with Crippen molar-refractivity contribution in [2.24, 2.45) is 0 Å². The van der Waals surface area contributed by atoms with Crippen LogP contribution in [0.15, 0.2) is 61.2 Å². The summed E-state index contributed by atoms with van der Waals surface area (Å²) in [6.45, 7) is 5.70. The van der Waals surface area contributed by atoms with Gasteiger partial charge in [-0.15, -0.1) is 0 Å². The summed E-state index contributed by atoms with van der Waals surface area (Å²) in [5, 5.41) is 0. The Labute approximate surface area is 97.2 Å². The molecule has 2 aromatic carbocycles. The van der Waals surface area contributed by atoms with E-state index in [9.17, 15) is 0 Å². The molecule has 0 aliphatic carbocycles. The van der Waals surface area contributed by atoms with E-state index in [-0.39, 0.29) is 0 Å². The van der Waals surface area contributed by atoms with Crippen LogP contribution >= 0.6 is 0 Å². The second-order valence-electron chi connectivity index (χ2n) is 3.49. The molecule has 1 nitrogen and oxygen atoms in total. The lowest BCUT2D eigenvalue weighted by atomic mass is 10.2. The predicted molar refractivity (Wildman–Crippen MR) is 72.1 cm³/mol. The highest BCUT2D eigenvalue weighted by Gasteiger charge is 1.87. The van der Waals surface area contributed by atoms with Gasteiger partial charge in [0, 0.05) is 5.69 Å². The summed E-state index contributed by atoms with van der Waals surface area (Å²) in [7, 11) is 0. The van der Waals surface area contributed by atoms with Gasteiger partial charge in [-0.05, 0) is 18.6 Å². The molecule has 0 fully saturated rings. The molecule has 0 heterocycles. The van der Waals surface area contributed by atoms with E-state index < -0.39 is 0 Å². The zero-order chi connectivity index (χ0) is 11.8. The number of nitrogens with two attached hydrogens (primary N) is 1. The van der Waals surface area contributed by atoms with E-state index in [4.69, 9.17) is 5.73 Å². The second-order valence-corrected chi connectivity index (χ2v) is 3.49. The third-order valence-electron chi connectivity index (χ3n) is 2.16. The number of hydrogen-bond donors (Lipinski definition) is 1. The highest BCUT2D eigenvalue weighted by Crippen LogP contribution is 2.10. The third-order valence-corrected chi connectivity index (χ3v) is 2.16. The smallest absolute Gasteiger partial charge is 0.0387 e. The molecule has 0 spiro atoms. The molecule has 0 saturated heterocycles. The standard InChI is InChI=1S/C8H9N.C7H8/c1-2-7-5-3-4-6-8(7)9;1-7-5-3-2-4-6-7/h2-6H,1,9H2;2-6H,1H3. The minimum Gasteiger partial charge on any atom is -0.398 e. The molecule has 82 valence electrons. The van der Waals surface area contributed by atoms with Crippen molar-refractivity contribution >= 4 is 11.8 Å². The molecule has 2 rings (SSSR count). The maximum Gasteiger partial charge on any atom is 0.0387 e. The first kappa shape index (κ1) is 12.1. The number of hydrogen-bond acceptors (Lipinski definition) is 1. The van der Waals surface area contributed by atoms with Gasteiger partial charge < -0.3 is 5.73 Å². The molecule has 2 aromatic rings. The van der Waals surface area contributed by atoms with E-state index in [0.29, 0.717) is 0 Å². The summed E-state index contributed by atoms with van der Waals surface area (Å²) in [5.74, 6) is 0. The van der Waals surface area contributed by atoms with E-state index in [1.807, 2.05) is 42.5 Å². The SMILES string of the molecule is C=Cc1ccccc1N.Cc1ccccc1. The Hall–Kier alpha value is -2.02. The van der Waals surface area contributed by atoms with Crippen LogP contribution in [-0.4, -0.2) is 0 Å². The zero-order valence-electron chi connectivity index (χ0n) is 9.56. The molecule has 0 radical (unpaired) electrons. The number of para-hydroxylation sites is 1. The lowest BCUT2D eigenvalue weighted by Gasteiger charge is -1.95. The van der Waals surface area contributed by atoms with Gasteiger partial charge in [0.2, 0.25) is 0 Å². The van der Waals surface area contributed by atoms with Gasteiger partial charge in [0.05, 0.1) is 0 Å². The number of nitrogen functional groups attached to an aromatic ring is 1. The van der Waals surface area contributed by atoms with Crippen molar-refractivity contribution in [1.82, 2.24) is 0 Å². The fourth-order valence-electron chi connectivity index (χ4n) is 1.23. The lowest BCUT2D eigenvalue weighted by Crippen LogP contribution is -1.86. The summed E-state index contributed by atoms with van der Waals surface area (Å²) in [6, 6.07) is 17.9. The molecule has 0 saturated carbocycles. The molecule has 0 atom stereocenters. The van der Waals surface area contributed by atoms with Crippen molar-refractivity contribution in [2.45, 2.75) is 6.92 Å². The largest absolute Gasteiger partial charge is 0.398 e. The highest BCUT2D eigenvalue weighted by atomic mass is 14.5. The Balaban J connectivity index is 0.000000165. The van der Waals surface area contributed by atoms with Crippen molar-refractivity contribution in [3.05, 3.63) is 72.3 Å². The fraction of sp³-hybridized carbons (Fsp3) is 0.0667. The second kappa shape index (κ2) is 6.46. The monoisotopic (exact) mass is 211 g/mol. The van der Waals surface area contributed by atoms with Crippen molar-refractivity contribution in [1.29, 1.82) is 0 Å². The van der Waals surface area contributed by atoms with Gasteiger partial charge in [-0.1, -0.05) is 66.7 Å². The molecular weight excluding hydrogens is 194 g/mol. The number of anilines is 1. The van der Waals surface area contributed by atoms with Crippen LogP contribution in [0.4, 0.5) is 5.69 Å². The number of rotatable bonds is 1. The van der Waals surface area contributed by atoms with Crippen molar-refractivity contribution in [3.63, 3.8) is 0 Å². The third kappa shape index (κ3) is 4.01. The van der Waals surface area contributed by atoms with Gasteiger partial charge in [-0.2, -0.15) is 0 Å². The summed E-state index contributed by atoms with van der Waals surface area (Å²) in [5.41, 5.74) is 8.66. The summed E-state index contributed by atoms with van der Waals surface area (Å²) >= 11 is 0. The van der Waals surface area contributed by atoms with Gasteiger partial charge in [0.1, 0.15) is 0 Å². The Morgan fingerprint density at radius 1 is 0.938 bits per heavy atom. The first-order valence-corrected chi connectivity index (χ1v) is 5.22. The van der Waals surface area contributed by atoms with Crippen LogP contribution in [-0.2, 0) is 0 Å². The molecule has 0 aliphatic rings. The minimum absolute atomic E-state index is 0.785. The summed E-state index contributed by atoms with van der Waals surface area (Å²) < 4.78 is 0. The lowest BCUT2D eigenvalue weighted by molar-refractivity contribution is 1.48. The van der Waals surface area contributed by atoms with Gasteiger partial charge >= 0.3 is 0 Å². The molecule has 1 heteroatoms. The minimum atomic E-state index is 0.785. The van der Waals surface area contributed by atoms with E-state index >= 15 is 0 Å². The van der Waals surface area contributed by atoms with Crippen LogP contribution in [0.25, 0.3) is 6.08 Å². The maximum atomic E-state index is 5.56. The van der Waals surface area contributed by atoms with E-state index in [1.165, 1.54) is 5.56 Å². The fourth-order valence-corrected chi connectivity index (χ4v) is 1.23. The van der Waals surface area contributed by atoms with E-state index in [0.717, 1.165) is 11.3 Å². The van der Waals surface area contributed by atoms with E-state index in [1.54, 1.807) is 6.08 Å². The van der Waals surface area contributed by atoms with Crippen LogP contribution in [0.3, 0.4) is 0 Å². The van der Waals surface area contributed by atoms with Crippen LogP contribution in [0.5, 0.6) is 0 Å². The van der Waals surface area contributed by atoms with Gasteiger partial charge in [0.15, 0.2) is 0 Å². The first-order valence-electron chi connectivity index (χ1n) is 5.22. The van der Waals surface area contributed by atoms with Gasteiger partial charge in [0.25, 0.3) is 0 Å². The quantitative estimate of drug-likeness (QED) is 0.711. The molecule has 16 heavy (non-hydrogen) atoms.